The molecule has 3 atom stereocenters. The van der Waals surface area contributed by atoms with Crippen LogP contribution in [0.15, 0.2) is 24.4 Å². The van der Waals surface area contributed by atoms with Crippen LogP contribution in [0.5, 0.6) is 0 Å². The van der Waals surface area contributed by atoms with Gasteiger partial charge in [0, 0.05) is 37.7 Å². The number of nitrogens with one attached hydrogen (secondary N) is 1. The third-order valence-corrected chi connectivity index (χ3v) is 5.19. The minimum Gasteiger partial charge on any atom is -0.376 e. The first-order valence-corrected chi connectivity index (χ1v) is 8.36. The number of carbonyl (C=O) groups is 1. The highest BCUT2D eigenvalue weighted by Gasteiger charge is 2.41. The van der Waals surface area contributed by atoms with Crippen molar-refractivity contribution in [2.45, 2.75) is 25.4 Å². The lowest BCUT2D eigenvalue weighted by atomic mass is 9.84. The van der Waals surface area contributed by atoms with Crippen LogP contribution in [0, 0.1) is 17.8 Å². The summed E-state index contributed by atoms with van der Waals surface area (Å²) >= 11 is 0. The summed E-state index contributed by atoms with van der Waals surface area (Å²) in [6.45, 7) is 3.52. The van der Waals surface area contributed by atoms with E-state index < -0.39 is 0 Å². The van der Waals surface area contributed by atoms with Crippen molar-refractivity contribution in [2.75, 3.05) is 31.1 Å². The maximum Gasteiger partial charge on any atom is 0.223 e. The van der Waals surface area contributed by atoms with Crippen LogP contribution in [0.25, 0.3) is 0 Å². The molecule has 1 aliphatic carbocycles. The molecule has 2 saturated heterocycles. The fourth-order valence-electron chi connectivity index (χ4n) is 3.74. The first-order valence-electron chi connectivity index (χ1n) is 8.36. The molecule has 0 spiro atoms. The number of hydrogen-bond donors (Lipinski definition) is 1. The first kappa shape index (κ1) is 14.0. The fraction of sp³-hybridized carbons (Fsp3) is 0.647. The lowest BCUT2D eigenvalue weighted by Crippen LogP contribution is -2.44. The molecule has 1 aromatic rings. The monoisotopic (exact) mass is 301 g/mol. The molecule has 1 N–H and O–H groups in total. The number of hydrogen-bond acceptors (Lipinski definition) is 4. The predicted molar refractivity (Wildman–Crippen MR) is 83.5 cm³/mol. The van der Waals surface area contributed by atoms with Gasteiger partial charge in [-0.1, -0.05) is 6.07 Å². The van der Waals surface area contributed by atoms with Crippen LogP contribution in [0.1, 0.15) is 19.3 Å². The van der Waals surface area contributed by atoms with Crippen LogP contribution in [-0.2, 0) is 9.53 Å². The summed E-state index contributed by atoms with van der Waals surface area (Å²) in [5.74, 6) is 2.69. The van der Waals surface area contributed by atoms with Crippen LogP contribution in [0.2, 0.25) is 0 Å². The number of pyridine rings is 1. The number of fused-ring (bicyclic) bond motifs is 1. The minimum atomic E-state index is 0.193. The lowest BCUT2D eigenvalue weighted by molar-refractivity contribution is -0.122. The van der Waals surface area contributed by atoms with Gasteiger partial charge in [-0.05, 0) is 37.3 Å². The molecule has 0 bridgehead atoms. The zero-order valence-electron chi connectivity index (χ0n) is 12.8. The fourth-order valence-corrected chi connectivity index (χ4v) is 3.74. The van der Waals surface area contributed by atoms with Crippen LogP contribution >= 0.6 is 0 Å². The molecule has 4 rings (SSSR count). The SMILES string of the molecule is O=C(NC[C@H]1OC[C@@H]2CN(c3ccccn3)CC[C@@H]21)C1CC1. The second kappa shape index (κ2) is 5.88. The van der Waals surface area contributed by atoms with E-state index in [1.807, 2.05) is 18.3 Å². The second-order valence-electron chi connectivity index (χ2n) is 6.74. The molecule has 5 heteroatoms. The number of aromatic nitrogens is 1. The molecule has 2 aliphatic heterocycles. The van der Waals surface area contributed by atoms with Gasteiger partial charge in [-0.3, -0.25) is 4.79 Å². The molecule has 3 aliphatic rings. The normalized spacial score (nSPS) is 30.9. The summed E-state index contributed by atoms with van der Waals surface area (Å²) in [5.41, 5.74) is 0. The minimum absolute atomic E-state index is 0.193. The largest absolute Gasteiger partial charge is 0.376 e. The van der Waals surface area contributed by atoms with Gasteiger partial charge in [0.15, 0.2) is 0 Å². The number of ether oxygens (including phenoxy) is 1. The van der Waals surface area contributed by atoms with E-state index in [1.54, 1.807) is 0 Å². The van der Waals surface area contributed by atoms with Crippen LogP contribution in [-0.4, -0.2) is 43.2 Å². The molecular weight excluding hydrogens is 278 g/mol. The topological polar surface area (TPSA) is 54.5 Å². The highest BCUT2D eigenvalue weighted by molar-refractivity contribution is 5.80. The summed E-state index contributed by atoms with van der Waals surface area (Å²) in [7, 11) is 0. The Kier molecular flexibility index (Phi) is 3.74. The van der Waals surface area contributed by atoms with E-state index in [0.29, 0.717) is 18.4 Å². The lowest BCUT2D eigenvalue weighted by Gasteiger charge is -2.36. The second-order valence-corrected chi connectivity index (χ2v) is 6.74. The van der Waals surface area contributed by atoms with Gasteiger partial charge in [0.1, 0.15) is 5.82 Å². The number of amides is 1. The Morgan fingerprint density at radius 3 is 3.05 bits per heavy atom. The van der Waals surface area contributed by atoms with Gasteiger partial charge in [-0.25, -0.2) is 4.98 Å². The molecule has 0 unspecified atom stereocenters. The molecule has 0 aromatic carbocycles. The molecule has 1 aromatic heterocycles. The van der Waals surface area contributed by atoms with Gasteiger partial charge in [0.05, 0.1) is 12.7 Å². The Hall–Kier alpha value is -1.62. The van der Waals surface area contributed by atoms with E-state index in [9.17, 15) is 4.79 Å². The van der Waals surface area contributed by atoms with E-state index in [0.717, 1.165) is 44.8 Å². The molecule has 1 saturated carbocycles. The zero-order chi connectivity index (χ0) is 14.9. The summed E-state index contributed by atoms with van der Waals surface area (Å²) in [5, 5.41) is 3.07. The predicted octanol–water partition coefficient (Wildman–Crippen LogP) is 1.45. The molecule has 3 fully saturated rings. The molecule has 0 radical (unpaired) electrons. The van der Waals surface area contributed by atoms with E-state index in [2.05, 4.69) is 21.3 Å². The third-order valence-electron chi connectivity index (χ3n) is 5.19. The van der Waals surface area contributed by atoms with Gasteiger partial charge >= 0.3 is 0 Å². The Labute approximate surface area is 131 Å². The number of nitrogens with zero attached hydrogens (tertiary/aromatic N) is 2. The highest BCUT2D eigenvalue weighted by atomic mass is 16.5. The third kappa shape index (κ3) is 2.82. The van der Waals surface area contributed by atoms with Crippen molar-refractivity contribution in [1.29, 1.82) is 0 Å². The number of rotatable bonds is 4. The average Bonchev–Trinajstić information content (AvgIpc) is 3.34. The van der Waals surface area contributed by atoms with Crippen molar-refractivity contribution in [2.24, 2.45) is 17.8 Å². The molecular formula is C17H23N3O2. The van der Waals surface area contributed by atoms with Crippen LogP contribution in [0.4, 0.5) is 5.82 Å². The van der Waals surface area contributed by atoms with Crippen LogP contribution in [0.3, 0.4) is 0 Å². The standard InChI is InChI=1S/C17H23N3O2/c21-17(12-4-5-12)19-9-15-14-6-8-20(10-13(14)11-22-15)16-3-1-2-7-18-16/h1-3,7,12-15H,4-6,8-11H2,(H,19,21)/t13-,14-,15+/m0/s1. The van der Waals surface area contributed by atoms with E-state index in [4.69, 9.17) is 4.74 Å². The van der Waals surface area contributed by atoms with Gasteiger partial charge < -0.3 is 15.0 Å². The maximum absolute atomic E-state index is 11.8. The average molecular weight is 301 g/mol. The number of carbonyl (C=O) groups excluding carboxylic acids is 1. The Morgan fingerprint density at radius 1 is 1.36 bits per heavy atom. The van der Waals surface area contributed by atoms with Crippen LogP contribution < -0.4 is 10.2 Å². The Balaban J connectivity index is 1.32. The number of anilines is 1. The zero-order valence-corrected chi connectivity index (χ0v) is 12.8. The van der Waals surface area contributed by atoms with Gasteiger partial charge in [0.25, 0.3) is 0 Å². The summed E-state index contributed by atoms with van der Waals surface area (Å²) < 4.78 is 5.97. The summed E-state index contributed by atoms with van der Waals surface area (Å²) in [6.07, 6.45) is 5.28. The maximum atomic E-state index is 11.8. The van der Waals surface area contributed by atoms with E-state index in [1.165, 1.54) is 0 Å². The van der Waals surface area contributed by atoms with E-state index in [-0.39, 0.29) is 17.9 Å². The van der Waals surface area contributed by atoms with Gasteiger partial charge in [0.2, 0.25) is 5.91 Å². The molecule has 5 nitrogen and oxygen atoms in total. The summed E-state index contributed by atoms with van der Waals surface area (Å²) in [4.78, 5) is 18.6. The van der Waals surface area contributed by atoms with Gasteiger partial charge in [-0.2, -0.15) is 0 Å². The van der Waals surface area contributed by atoms with Crippen molar-refractivity contribution >= 4 is 11.7 Å². The van der Waals surface area contributed by atoms with Crippen molar-refractivity contribution in [3.63, 3.8) is 0 Å². The molecule has 22 heavy (non-hydrogen) atoms. The van der Waals surface area contributed by atoms with E-state index >= 15 is 0 Å². The summed E-state index contributed by atoms with van der Waals surface area (Å²) in [6, 6.07) is 6.06. The van der Waals surface area contributed by atoms with Crippen molar-refractivity contribution in [1.82, 2.24) is 10.3 Å². The van der Waals surface area contributed by atoms with Crippen molar-refractivity contribution in [3.05, 3.63) is 24.4 Å². The smallest absolute Gasteiger partial charge is 0.223 e. The molecule has 118 valence electrons. The Bertz CT molecular complexity index is 532. The molecule has 3 heterocycles. The number of piperidine rings is 1. The first-order chi connectivity index (χ1) is 10.8. The van der Waals surface area contributed by atoms with Crippen molar-refractivity contribution in [3.8, 4) is 0 Å². The highest BCUT2D eigenvalue weighted by Crippen LogP contribution is 2.35. The quantitative estimate of drug-likeness (QED) is 0.914. The van der Waals surface area contributed by atoms with Gasteiger partial charge in [-0.15, -0.1) is 0 Å². The van der Waals surface area contributed by atoms with Crippen molar-refractivity contribution < 1.29 is 9.53 Å². The Morgan fingerprint density at radius 2 is 2.27 bits per heavy atom. The molecule has 1 amide bonds.